The summed E-state index contributed by atoms with van der Waals surface area (Å²) in [5, 5.41) is 9.53. The lowest BCUT2D eigenvalue weighted by Gasteiger charge is -2.40. The summed E-state index contributed by atoms with van der Waals surface area (Å²) >= 11 is 0. The van der Waals surface area contributed by atoms with E-state index in [0.717, 1.165) is 25.9 Å². The molecule has 6 nitrogen and oxygen atoms in total. The lowest BCUT2D eigenvalue weighted by Crippen LogP contribution is -2.46. The number of amides is 1. The normalized spacial score (nSPS) is 18.5. The number of benzene rings is 2. The van der Waals surface area contributed by atoms with E-state index in [1.807, 2.05) is 12.1 Å². The van der Waals surface area contributed by atoms with Crippen LogP contribution in [-0.2, 0) is 28.2 Å². The second-order valence-electron chi connectivity index (χ2n) is 8.84. The number of ether oxygens (including phenoxy) is 1. The minimum absolute atomic E-state index is 0.0305. The molecule has 0 bridgehead atoms. The number of likely N-dealkylation sites (tertiary alicyclic amines) is 1. The molecule has 0 radical (unpaired) electrons. The fourth-order valence-electron chi connectivity index (χ4n) is 4.97. The zero-order valence-corrected chi connectivity index (χ0v) is 18.2. The Bertz CT molecular complexity index is 963. The minimum atomic E-state index is -0.955. The van der Waals surface area contributed by atoms with Crippen molar-refractivity contribution in [3.05, 3.63) is 70.8 Å². The zero-order chi connectivity index (χ0) is 22.0. The first-order valence-electron chi connectivity index (χ1n) is 10.9. The molecule has 0 saturated carbocycles. The highest BCUT2D eigenvalue weighted by Crippen LogP contribution is 2.44. The van der Waals surface area contributed by atoms with Gasteiger partial charge in [0.25, 0.3) is 0 Å². The molecule has 0 aromatic heterocycles. The van der Waals surface area contributed by atoms with E-state index in [1.54, 1.807) is 31.1 Å². The lowest BCUT2D eigenvalue weighted by molar-refractivity contribution is -0.134. The largest absolute Gasteiger partial charge is 0.478 e. The van der Waals surface area contributed by atoms with Gasteiger partial charge in [0.1, 0.15) is 0 Å². The molecule has 1 unspecified atom stereocenters. The van der Waals surface area contributed by atoms with E-state index in [4.69, 9.17) is 4.74 Å². The fraction of sp³-hybridized carbons (Fsp3) is 0.440. The van der Waals surface area contributed by atoms with Gasteiger partial charge in [-0.25, -0.2) is 4.79 Å². The standard InChI is InChI=1S/C25H30N2O4/c1-26(2)23(28)20(15-18-7-3-5-9-21(18)24(29)30)16-27-13-11-25(12-14-27)22-10-6-4-8-19(22)17-31-25/h3-10,20H,11-17H2,1-2H3,(H,29,30). The Morgan fingerprint density at radius 1 is 1.10 bits per heavy atom. The van der Waals surface area contributed by atoms with Gasteiger partial charge in [-0.15, -0.1) is 0 Å². The third-order valence-electron chi connectivity index (χ3n) is 6.66. The maximum atomic E-state index is 12.9. The van der Waals surface area contributed by atoms with Crippen molar-refractivity contribution in [2.75, 3.05) is 33.7 Å². The van der Waals surface area contributed by atoms with E-state index >= 15 is 0 Å². The van der Waals surface area contributed by atoms with Gasteiger partial charge in [0.05, 0.1) is 23.7 Å². The molecule has 2 aromatic rings. The molecule has 1 atom stereocenters. The molecule has 4 rings (SSSR count). The number of nitrogens with zero attached hydrogens (tertiary/aromatic N) is 2. The number of piperidine rings is 1. The predicted molar refractivity (Wildman–Crippen MR) is 118 cm³/mol. The molecule has 0 aliphatic carbocycles. The minimum Gasteiger partial charge on any atom is -0.478 e. The number of carboxylic acid groups (broad SMARTS) is 1. The third kappa shape index (κ3) is 4.36. The summed E-state index contributed by atoms with van der Waals surface area (Å²) in [6.07, 6.45) is 2.22. The van der Waals surface area contributed by atoms with E-state index in [2.05, 4.69) is 29.2 Å². The quantitative estimate of drug-likeness (QED) is 0.775. The van der Waals surface area contributed by atoms with Crippen molar-refractivity contribution in [1.29, 1.82) is 0 Å². The number of carbonyl (C=O) groups is 2. The number of aromatic carboxylic acids is 1. The first kappa shape index (κ1) is 21.5. The second-order valence-corrected chi connectivity index (χ2v) is 8.84. The maximum absolute atomic E-state index is 12.9. The summed E-state index contributed by atoms with van der Waals surface area (Å²) in [6.45, 7) is 2.99. The molecule has 2 aliphatic rings. The van der Waals surface area contributed by atoms with Crippen LogP contribution in [0, 0.1) is 5.92 Å². The second kappa shape index (κ2) is 8.81. The summed E-state index contributed by atoms with van der Waals surface area (Å²) in [5.41, 5.74) is 3.36. The Balaban J connectivity index is 1.47. The first-order valence-corrected chi connectivity index (χ1v) is 10.9. The Morgan fingerprint density at radius 2 is 1.77 bits per heavy atom. The number of hydrogen-bond donors (Lipinski definition) is 1. The molecule has 1 saturated heterocycles. The molecule has 6 heteroatoms. The summed E-state index contributed by atoms with van der Waals surface area (Å²) in [5.74, 6) is -1.21. The van der Waals surface area contributed by atoms with E-state index in [9.17, 15) is 14.7 Å². The topological polar surface area (TPSA) is 70.1 Å². The number of carbonyl (C=O) groups excluding carboxylic acids is 1. The van der Waals surface area contributed by atoms with Crippen molar-refractivity contribution in [3.8, 4) is 0 Å². The Labute approximate surface area is 183 Å². The van der Waals surface area contributed by atoms with Gasteiger partial charge in [-0.2, -0.15) is 0 Å². The Hall–Kier alpha value is -2.70. The molecule has 1 amide bonds. The van der Waals surface area contributed by atoms with Crippen LogP contribution in [0.5, 0.6) is 0 Å². The molecule has 164 valence electrons. The van der Waals surface area contributed by atoms with Crippen LogP contribution in [0.3, 0.4) is 0 Å². The monoisotopic (exact) mass is 422 g/mol. The zero-order valence-electron chi connectivity index (χ0n) is 18.2. The van der Waals surface area contributed by atoms with Crippen molar-refractivity contribution >= 4 is 11.9 Å². The molecule has 2 heterocycles. The van der Waals surface area contributed by atoms with Crippen molar-refractivity contribution < 1.29 is 19.4 Å². The van der Waals surface area contributed by atoms with Gasteiger partial charge in [-0.3, -0.25) is 4.79 Å². The SMILES string of the molecule is CN(C)C(=O)C(Cc1ccccc1C(=O)O)CN1CCC2(CC1)OCc1ccccc12. The van der Waals surface area contributed by atoms with Crippen LogP contribution in [0.2, 0.25) is 0 Å². The van der Waals surface area contributed by atoms with Gasteiger partial charge < -0.3 is 19.6 Å². The van der Waals surface area contributed by atoms with Gasteiger partial charge in [0.2, 0.25) is 5.91 Å². The van der Waals surface area contributed by atoms with Crippen molar-refractivity contribution in [2.45, 2.75) is 31.5 Å². The van der Waals surface area contributed by atoms with Gasteiger partial charge in [0, 0.05) is 33.7 Å². The molecule has 2 aromatic carbocycles. The van der Waals surface area contributed by atoms with Crippen LogP contribution in [0.15, 0.2) is 48.5 Å². The van der Waals surface area contributed by atoms with Crippen molar-refractivity contribution in [3.63, 3.8) is 0 Å². The van der Waals surface area contributed by atoms with Gasteiger partial charge in [-0.05, 0) is 42.0 Å². The van der Waals surface area contributed by atoms with Gasteiger partial charge in [0.15, 0.2) is 0 Å². The van der Waals surface area contributed by atoms with Gasteiger partial charge in [-0.1, -0.05) is 42.5 Å². The maximum Gasteiger partial charge on any atom is 0.335 e. The van der Waals surface area contributed by atoms with E-state index < -0.39 is 5.97 Å². The molecule has 1 fully saturated rings. The van der Waals surface area contributed by atoms with Crippen LogP contribution in [0.4, 0.5) is 0 Å². The van der Waals surface area contributed by atoms with Crippen LogP contribution in [0.25, 0.3) is 0 Å². The molecular formula is C25H30N2O4. The first-order chi connectivity index (χ1) is 14.9. The van der Waals surface area contributed by atoms with Crippen LogP contribution >= 0.6 is 0 Å². The predicted octanol–water partition coefficient (Wildman–Crippen LogP) is 3.15. The van der Waals surface area contributed by atoms with Crippen LogP contribution in [0.1, 0.15) is 39.9 Å². The highest BCUT2D eigenvalue weighted by molar-refractivity contribution is 5.89. The number of fused-ring (bicyclic) bond motifs is 2. The number of rotatable bonds is 6. The molecule has 1 spiro atoms. The third-order valence-corrected chi connectivity index (χ3v) is 6.66. The molecule has 1 N–H and O–H groups in total. The average molecular weight is 423 g/mol. The molecule has 2 aliphatic heterocycles. The highest BCUT2D eigenvalue weighted by atomic mass is 16.5. The average Bonchev–Trinajstić information content (AvgIpc) is 3.13. The summed E-state index contributed by atoms with van der Waals surface area (Å²) in [6, 6.07) is 15.4. The van der Waals surface area contributed by atoms with E-state index in [0.29, 0.717) is 25.1 Å². The number of carboxylic acids is 1. The Morgan fingerprint density at radius 3 is 2.48 bits per heavy atom. The summed E-state index contributed by atoms with van der Waals surface area (Å²) < 4.78 is 6.26. The van der Waals surface area contributed by atoms with E-state index in [1.165, 1.54) is 11.1 Å². The lowest BCUT2D eigenvalue weighted by atomic mass is 9.83. The van der Waals surface area contributed by atoms with E-state index in [-0.39, 0.29) is 23.0 Å². The smallest absolute Gasteiger partial charge is 0.335 e. The van der Waals surface area contributed by atoms with Crippen LogP contribution in [-0.4, -0.2) is 60.5 Å². The van der Waals surface area contributed by atoms with Crippen LogP contribution < -0.4 is 0 Å². The Kier molecular flexibility index (Phi) is 6.12. The molecular weight excluding hydrogens is 392 g/mol. The van der Waals surface area contributed by atoms with Crippen molar-refractivity contribution in [1.82, 2.24) is 9.80 Å². The fourth-order valence-corrected chi connectivity index (χ4v) is 4.97. The number of hydrogen-bond acceptors (Lipinski definition) is 4. The summed E-state index contributed by atoms with van der Waals surface area (Å²) in [4.78, 5) is 28.5. The highest BCUT2D eigenvalue weighted by Gasteiger charge is 2.42. The molecule has 31 heavy (non-hydrogen) atoms. The summed E-state index contributed by atoms with van der Waals surface area (Å²) in [7, 11) is 3.51. The van der Waals surface area contributed by atoms with Crippen molar-refractivity contribution in [2.24, 2.45) is 5.92 Å². The van der Waals surface area contributed by atoms with Gasteiger partial charge >= 0.3 is 5.97 Å².